The first-order chi connectivity index (χ1) is 11.5. The van der Waals surface area contributed by atoms with Crippen LogP contribution in [0.2, 0.25) is 0 Å². The number of pyridine rings is 1. The van der Waals surface area contributed by atoms with E-state index in [2.05, 4.69) is 34.1 Å². The van der Waals surface area contributed by atoms with Gasteiger partial charge in [0.2, 0.25) is 0 Å². The maximum atomic E-state index is 9.80. The quantitative estimate of drug-likeness (QED) is 0.849. The number of aromatic nitrogens is 1. The van der Waals surface area contributed by atoms with Gasteiger partial charge in [-0.05, 0) is 49.9 Å². The first kappa shape index (κ1) is 16.9. The van der Waals surface area contributed by atoms with Crippen LogP contribution >= 0.6 is 0 Å². The van der Waals surface area contributed by atoms with Crippen molar-refractivity contribution in [2.45, 2.75) is 44.9 Å². The zero-order chi connectivity index (χ0) is 17.0. The molecule has 0 spiro atoms. The Kier molecular flexibility index (Phi) is 5.17. The zero-order valence-electron chi connectivity index (χ0n) is 14.5. The molecule has 24 heavy (non-hydrogen) atoms. The van der Waals surface area contributed by atoms with E-state index in [4.69, 9.17) is 4.74 Å². The molecular formula is C20H26N2O2. The molecule has 1 aromatic carbocycles. The van der Waals surface area contributed by atoms with Crippen molar-refractivity contribution in [3.63, 3.8) is 0 Å². The molecule has 4 heteroatoms. The minimum Gasteiger partial charge on any atom is -0.486 e. The normalized spacial score (nSPS) is 16.0. The largest absolute Gasteiger partial charge is 0.486 e. The SMILES string of the molecule is CC(C)(O)CCc1ccc(CN2CC(Oc3cccnc3)C2)cc1. The lowest BCUT2D eigenvalue weighted by Gasteiger charge is -2.39. The Balaban J connectivity index is 1.41. The number of likely N-dealkylation sites (tertiary alicyclic amines) is 1. The van der Waals surface area contributed by atoms with Crippen molar-refractivity contribution in [3.8, 4) is 5.75 Å². The number of aliphatic hydroxyl groups is 1. The molecule has 1 aromatic heterocycles. The Labute approximate surface area is 144 Å². The standard InChI is InChI=1S/C20H26N2O2/c1-20(2,23)10-9-16-5-7-17(8-6-16)13-22-14-19(15-22)24-18-4-3-11-21-12-18/h3-8,11-12,19,23H,9-10,13-15H2,1-2H3. The molecular weight excluding hydrogens is 300 g/mol. The van der Waals surface area contributed by atoms with Crippen LogP contribution in [0.15, 0.2) is 48.8 Å². The van der Waals surface area contributed by atoms with Crippen LogP contribution in [0.1, 0.15) is 31.4 Å². The van der Waals surface area contributed by atoms with Gasteiger partial charge < -0.3 is 9.84 Å². The minimum absolute atomic E-state index is 0.264. The molecule has 4 nitrogen and oxygen atoms in total. The summed E-state index contributed by atoms with van der Waals surface area (Å²) in [6.45, 7) is 6.58. The van der Waals surface area contributed by atoms with Crippen molar-refractivity contribution in [3.05, 3.63) is 59.9 Å². The van der Waals surface area contributed by atoms with Gasteiger partial charge in [-0.1, -0.05) is 24.3 Å². The van der Waals surface area contributed by atoms with Crippen LogP contribution < -0.4 is 4.74 Å². The van der Waals surface area contributed by atoms with Gasteiger partial charge in [0.05, 0.1) is 11.8 Å². The molecule has 2 heterocycles. The van der Waals surface area contributed by atoms with E-state index < -0.39 is 5.60 Å². The van der Waals surface area contributed by atoms with Gasteiger partial charge in [-0.3, -0.25) is 9.88 Å². The first-order valence-corrected chi connectivity index (χ1v) is 8.57. The molecule has 2 aromatic rings. The van der Waals surface area contributed by atoms with Gasteiger partial charge in [-0.25, -0.2) is 0 Å². The second-order valence-electron chi connectivity index (χ2n) is 7.25. The second-order valence-corrected chi connectivity index (χ2v) is 7.25. The number of ether oxygens (including phenoxy) is 1. The average Bonchev–Trinajstić information content (AvgIpc) is 2.52. The summed E-state index contributed by atoms with van der Waals surface area (Å²) in [6.07, 6.45) is 5.47. The molecule has 0 atom stereocenters. The predicted molar refractivity (Wildman–Crippen MR) is 95.0 cm³/mol. The molecule has 1 N–H and O–H groups in total. The van der Waals surface area contributed by atoms with E-state index in [0.717, 1.165) is 38.2 Å². The summed E-state index contributed by atoms with van der Waals surface area (Å²) in [5.74, 6) is 0.846. The van der Waals surface area contributed by atoms with Gasteiger partial charge in [0.25, 0.3) is 0 Å². The van der Waals surface area contributed by atoms with Crippen molar-refractivity contribution >= 4 is 0 Å². The van der Waals surface area contributed by atoms with E-state index in [0.29, 0.717) is 0 Å². The van der Waals surface area contributed by atoms with Gasteiger partial charge >= 0.3 is 0 Å². The zero-order valence-corrected chi connectivity index (χ0v) is 14.5. The van der Waals surface area contributed by atoms with E-state index >= 15 is 0 Å². The number of hydrogen-bond donors (Lipinski definition) is 1. The third-order valence-electron chi connectivity index (χ3n) is 4.32. The van der Waals surface area contributed by atoms with Gasteiger partial charge in [-0.15, -0.1) is 0 Å². The second kappa shape index (κ2) is 7.32. The maximum absolute atomic E-state index is 9.80. The average molecular weight is 326 g/mol. The summed E-state index contributed by atoms with van der Waals surface area (Å²) in [4.78, 5) is 6.45. The fraction of sp³-hybridized carbons (Fsp3) is 0.450. The highest BCUT2D eigenvalue weighted by Gasteiger charge is 2.28. The smallest absolute Gasteiger partial charge is 0.138 e. The van der Waals surface area contributed by atoms with Crippen LogP contribution in [0.4, 0.5) is 0 Å². The van der Waals surface area contributed by atoms with Gasteiger partial charge in [0.15, 0.2) is 0 Å². The summed E-state index contributed by atoms with van der Waals surface area (Å²) in [5, 5.41) is 9.80. The molecule has 0 unspecified atom stereocenters. The molecule has 1 aliphatic heterocycles. The molecule has 3 rings (SSSR count). The van der Waals surface area contributed by atoms with E-state index in [1.54, 1.807) is 12.4 Å². The van der Waals surface area contributed by atoms with E-state index in [1.165, 1.54) is 11.1 Å². The van der Waals surface area contributed by atoms with E-state index in [9.17, 15) is 5.11 Å². The number of hydrogen-bond acceptors (Lipinski definition) is 4. The molecule has 0 amide bonds. The first-order valence-electron chi connectivity index (χ1n) is 8.57. The van der Waals surface area contributed by atoms with Gasteiger partial charge in [-0.2, -0.15) is 0 Å². The Morgan fingerprint density at radius 3 is 2.50 bits per heavy atom. The Morgan fingerprint density at radius 2 is 1.88 bits per heavy atom. The van der Waals surface area contributed by atoms with Gasteiger partial charge in [0.1, 0.15) is 11.9 Å². The predicted octanol–water partition coefficient (Wildman–Crippen LogP) is 3.05. The highest BCUT2D eigenvalue weighted by atomic mass is 16.5. The van der Waals surface area contributed by atoms with Gasteiger partial charge in [0, 0.05) is 25.8 Å². The number of rotatable bonds is 7. The molecule has 0 saturated carbocycles. The topological polar surface area (TPSA) is 45.6 Å². The van der Waals surface area contributed by atoms with Crippen LogP contribution in [-0.4, -0.2) is 39.8 Å². The maximum Gasteiger partial charge on any atom is 0.138 e. The fourth-order valence-electron chi connectivity index (χ4n) is 2.86. The fourth-order valence-corrected chi connectivity index (χ4v) is 2.86. The summed E-state index contributed by atoms with van der Waals surface area (Å²) < 4.78 is 5.87. The summed E-state index contributed by atoms with van der Waals surface area (Å²) >= 11 is 0. The van der Waals surface area contributed by atoms with Crippen molar-refractivity contribution in [2.75, 3.05) is 13.1 Å². The molecule has 128 valence electrons. The molecule has 1 saturated heterocycles. The summed E-state index contributed by atoms with van der Waals surface area (Å²) in [6, 6.07) is 12.6. The van der Waals surface area contributed by atoms with Crippen LogP contribution in [0.25, 0.3) is 0 Å². The highest BCUT2D eigenvalue weighted by molar-refractivity contribution is 5.23. The van der Waals surface area contributed by atoms with Crippen molar-refractivity contribution < 1.29 is 9.84 Å². The third kappa shape index (κ3) is 5.05. The van der Waals surface area contributed by atoms with E-state index in [-0.39, 0.29) is 6.10 Å². The van der Waals surface area contributed by atoms with Crippen LogP contribution in [0.5, 0.6) is 5.75 Å². The van der Waals surface area contributed by atoms with E-state index in [1.807, 2.05) is 26.0 Å². The molecule has 1 fully saturated rings. The van der Waals surface area contributed by atoms with Crippen molar-refractivity contribution in [1.29, 1.82) is 0 Å². The molecule has 0 radical (unpaired) electrons. The van der Waals surface area contributed by atoms with Crippen LogP contribution in [-0.2, 0) is 13.0 Å². The Hall–Kier alpha value is -1.91. The number of aryl methyl sites for hydroxylation is 1. The molecule has 0 aliphatic carbocycles. The molecule has 0 bridgehead atoms. The molecule has 1 aliphatic rings. The Morgan fingerprint density at radius 1 is 1.17 bits per heavy atom. The highest BCUT2D eigenvalue weighted by Crippen LogP contribution is 2.20. The minimum atomic E-state index is -0.598. The lowest BCUT2D eigenvalue weighted by Crippen LogP contribution is -2.53. The lowest BCUT2D eigenvalue weighted by atomic mass is 9.98. The monoisotopic (exact) mass is 326 g/mol. The number of nitrogens with zero attached hydrogens (tertiary/aromatic N) is 2. The lowest BCUT2D eigenvalue weighted by molar-refractivity contribution is 0.0143. The van der Waals surface area contributed by atoms with Crippen molar-refractivity contribution in [1.82, 2.24) is 9.88 Å². The van der Waals surface area contributed by atoms with Crippen LogP contribution in [0.3, 0.4) is 0 Å². The van der Waals surface area contributed by atoms with Crippen LogP contribution in [0, 0.1) is 0 Å². The van der Waals surface area contributed by atoms with Crippen molar-refractivity contribution in [2.24, 2.45) is 0 Å². The number of benzene rings is 1. The summed E-state index contributed by atoms with van der Waals surface area (Å²) in [5.41, 5.74) is 2.00. The Bertz CT molecular complexity index is 629. The summed E-state index contributed by atoms with van der Waals surface area (Å²) in [7, 11) is 0. The third-order valence-corrected chi connectivity index (χ3v) is 4.32.